The Morgan fingerprint density at radius 1 is 1.21 bits per heavy atom. The second-order valence-corrected chi connectivity index (χ2v) is 6.89. The summed E-state index contributed by atoms with van der Waals surface area (Å²) in [5, 5.41) is 20.4. The molecule has 1 aromatic rings. The first-order chi connectivity index (χ1) is 11.6. The smallest absolute Gasteiger partial charge is 0.154 e. The minimum Gasteiger partial charge on any atom is -0.507 e. The number of rotatable bonds is 5. The maximum atomic E-state index is 11.3. The van der Waals surface area contributed by atoms with E-state index in [0.717, 1.165) is 56.8 Å². The fourth-order valence-corrected chi connectivity index (χ4v) is 3.60. The Hall–Kier alpha value is -1.47. The highest BCUT2D eigenvalue weighted by Gasteiger charge is 2.25. The average molecular weight is 333 g/mol. The largest absolute Gasteiger partial charge is 0.507 e. The minimum atomic E-state index is -0.514. The molecule has 0 spiro atoms. The zero-order chi connectivity index (χ0) is 17.1. The van der Waals surface area contributed by atoms with Gasteiger partial charge in [-0.15, -0.1) is 0 Å². The van der Waals surface area contributed by atoms with Crippen molar-refractivity contribution in [1.29, 1.82) is 0 Å². The summed E-state index contributed by atoms with van der Waals surface area (Å²) in [5.74, 6) is 0.0255. The molecule has 0 amide bonds. The molecule has 1 atom stereocenters. The molecule has 1 aromatic carbocycles. The molecular weight excluding hydrogens is 306 g/mol. The van der Waals surface area contributed by atoms with Crippen LogP contribution in [0.5, 0.6) is 5.75 Å². The monoisotopic (exact) mass is 333 g/mol. The lowest BCUT2D eigenvalue weighted by molar-refractivity contribution is -0.0196. The van der Waals surface area contributed by atoms with Crippen molar-refractivity contribution in [2.45, 2.75) is 25.6 Å². The standard InChI is InChI=1S/C18H27N3O3/c1-19-8-10-20(11-9-19)6-5-18(24)21-7-4-14-2-3-17(23)16(13-22)15(14)12-21/h2-3,13,18,23-24H,4-12H2,1H3. The van der Waals surface area contributed by atoms with Crippen LogP contribution in [0.2, 0.25) is 0 Å². The maximum Gasteiger partial charge on any atom is 0.154 e. The summed E-state index contributed by atoms with van der Waals surface area (Å²) in [6, 6.07) is 3.47. The predicted molar refractivity (Wildman–Crippen MR) is 92.2 cm³/mol. The number of carbonyl (C=O) groups excluding carboxylic acids is 1. The average Bonchev–Trinajstić information content (AvgIpc) is 2.60. The number of phenolic OH excluding ortho intramolecular Hbond substituents is 1. The lowest BCUT2D eigenvalue weighted by atomic mass is 9.94. The molecule has 1 unspecified atom stereocenters. The van der Waals surface area contributed by atoms with E-state index in [1.165, 1.54) is 0 Å². The highest BCUT2D eigenvalue weighted by Crippen LogP contribution is 2.28. The summed E-state index contributed by atoms with van der Waals surface area (Å²) in [5.41, 5.74) is 2.32. The van der Waals surface area contributed by atoms with E-state index in [9.17, 15) is 15.0 Å². The van der Waals surface area contributed by atoms with Crippen LogP contribution in [0.15, 0.2) is 12.1 Å². The number of benzene rings is 1. The van der Waals surface area contributed by atoms with Crippen molar-refractivity contribution in [2.75, 3.05) is 46.3 Å². The molecule has 1 saturated heterocycles. The van der Waals surface area contributed by atoms with Gasteiger partial charge in [-0.3, -0.25) is 9.69 Å². The van der Waals surface area contributed by atoms with Gasteiger partial charge in [0.15, 0.2) is 6.29 Å². The Kier molecular flexibility index (Phi) is 5.50. The number of phenols is 1. The molecule has 24 heavy (non-hydrogen) atoms. The van der Waals surface area contributed by atoms with Gasteiger partial charge >= 0.3 is 0 Å². The third-order valence-electron chi connectivity index (χ3n) is 5.30. The van der Waals surface area contributed by atoms with Crippen molar-refractivity contribution in [3.63, 3.8) is 0 Å². The first kappa shape index (κ1) is 17.4. The van der Waals surface area contributed by atoms with Crippen molar-refractivity contribution in [3.05, 3.63) is 28.8 Å². The molecule has 6 nitrogen and oxygen atoms in total. The number of nitrogens with zero attached hydrogens (tertiary/aromatic N) is 3. The summed E-state index contributed by atoms with van der Waals surface area (Å²) in [6.07, 6.45) is 1.70. The highest BCUT2D eigenvalue weighted by atomic mass is 16.3. The van der Waals surface area contributed by atoms with Gasteiger partial charge in [0.2, 0.25) is 0 Å². The number of likely N-dealkylation sites (N-methyl/N-ethyl adjacent to an activating group) is 1. The summed E-state index contributed by atoms with van der Waals surface area (Å²) < 4.78 is 0. The summed E-state index contributed by atoms with van der Waals surface area (Å²) >= 11 is 0. The van der Waals surface area contributed by atoms with Gasteiger partial charge in [0.1, 0.15) is 12.0 Å². The first-order valence-electron chi connectivity index (χ1n) is 8.70. The number of aliphatic hydroxyl groups is 1. The molecule has 3 rings (SSSR count). The fourth-order valence-electron chi connectivity index (χ4n) is 3.60. The van der Waals surface area contributed by atoms with E-state index in [4.69, 9.17) is 0 Å². The molecule has 132 valence electrons. The summed E-state index contributed by atoms with van der Waals surface area (Å²) in [6.45, 7) is 6.44. The van der Waals surface area contributed by atoms with Crippen molar-refractivity contribution >= 4 is 6.29 Å². The number of hydrogen-bond donors (Lipinski definition) is 2. The van der Waals surface area contributed by atoms with Gasteiger partial charge < -0.3 is 20.0 Å². The molecular formula is C18H27N3O3. The van der Waals surface area contributed by atoms with Crippen molar-refractivity contribution in [1.82, 2.24) is 14.7 Å². The van der Waals surface area contributed by atoms with E-state index in [-0.39, 0.29) is 5.75 Å². The summed E-state index contributed by atoms with van der Waals surface area (Å²) in [7, 11) is 2.14. The zero-order valence-electron chi connectivity index (χ0n) is 14.3. The van der Waals surface area contributed by atoms with Crippen LogP contribution >= 0.6 is 0 Å². The topological polar surface area (TPSA) is 67.2 Å². The molecule has 1 fully saturated rings. The molecule has 2 aliphatic rings. The van der Waals surface area contributed by atoms with E-state index in [0.29, 0.717) is 24.8 Å². The van der Waals surface area contributed by atoms with Gasteiger partial charge in [0.25, 0.3) is 0 Å². The normalized spacial score (nSPS) is 21.4. The lowest BCUT2D eigenvalue weighted by Crippen LogP contribution is -2.47. The number of aldehydes is 1. The van der Waals surface area contributed by atoms with Crippen LogP contribution < -0.4 is 0 Å². The Morgan fingerprint density at radius 3 is 2.67 bits per heavy atom. The van der Waals surface area contributed by atoms with Crippen LogP contribution in [-0.4, -0.2) is 83.7 Å². The van der Waals surface area contributed by atoms with Gasteiger partial charge in [-0.2, -0.15) is 0 Å². The third-order valence-corrected chi connectivity index (χ3v) is 5.30. The van der Waals surface area contributed by atoms with Crippen LogP contribution in [0.3, 0.4) is 0 Å². The molecule has 0 radical (unpaired) electrons. The van der Waals surface area contributed by atoms with Crippen LogP contribution in [-0.2, 0) is 13.0 Å². The molecule has 2 aliphatic heterocycles. The molecule has 2 N–H and O–H groups in total. The van der Waals surface area contributed by atoms with Crippen LogP contribution in [0.4, 0.5) is 0 Å². The maximum absolute atomic E-state index is 11.3. The molecule has 0 aliphatic carbocycles. The van der Waals surface area contributed by atoms with Crippen LogP contribution in [0.25, 0.3) is 0 Å². The van der Waals surface area contributed by atoms with Gasteiger partial charge in [0, 0.05) is 45.8 Å². The number of piperazine rings is 1. The van der Waals surface area contributed by atoms with E-state index in [1.54, 1.807) is 6.07 Å². The first-order valence-corrected chi connectivity index (χ1v) is 8.70. The Bertz CT molecular complexity index is 585. The number of aliphatic hydroxyl groups excluding tert-OH is 1. The zero-order valence-corrected chi connectivity index (χ0v) is 14.3. The second-order valence-electron chi connectivity index (χ2n) is 6.89. The predicted octanol–water partition coefficient (Wildman–Crippen LogP) is 0.519. The minimum absolute atomic E-state index is 0.0255. The van der Waals surface area contributed by atoms with E-state index in [1.807, 2.05) is 11.0 Å². The Balaban J connectivity index is 1.58. The van der Waals surface area contributed by atoms with Gasteiger partial charge in [-0.05, 0) is 37.1 Å². The number of hydrogen-bond acceptors (Lipinski definition) is 6. The van der Waals surface area contributed by atoms with E-state index < -0.39 is 6.23 Å². The van der Waals surface area contributed by atoms with Gasteiger partial charge in [-0.25, -0.2) is 0 Å². The van der Waals surface area contributed by atoms with Gasteiger partial charge in [-0.1, -0.05) is 6.07 Å². The fraction of sp³-hybridized carbons (Fsp3) is 0.611. The quantitative estimate of drug-likeness (QED) is 0.766. The number of fused-ring (bicyclic) bond motifs is 1. The number of aromatic hydroxyl groups is 1. The number of carbonyl (C=O) groups is 1. The third kappa shape index (κ3) is 3.78. The van der Waals surface area contributed by atoms with Crippen molar-refractivity contribution < 1.29 is 15.0 Å². The van der Waals surface area contributed by atoms with Crippen LogP contribution in [0, 0.1) is 0 Å². The van der Waals surface area contributed by atoms with Crippen LogP contribution in [0.1, 0.15) is 27.9 Å². The SMILES string of the molecule is CN1CCN(CCC(O)N2CCc3ccc(O)c(C=O)c3C2)CC1. The van der Waals surface area contributed by atoms with E-state index in [2.05, 4.69) is 16.8 Å². The molecule has 0 aromatic heterocycles. The van der Waals surface area contributed by atoms with Gasteiger partial charge in [0.05, 0.1) is 5.56 Å². The Morgan fingerprint density at radius 2 is 1.96 bits per heavy atom. The molecule has 2 heterocycles. The van der Waals surface area contributed by atoms with E-state index >= 15 is 0 Å². The van der Waals surface area contributed by atoms with Crippen molar-refractivity contribution in [3.8, 4) is 5.75 Å². The van der Waals surface area contributed by atoms with Crippen molar-refractivity contribution in [2.24, 2.45) is 0 Å². The molecule has 0 saturated carbocycles. The summed E-state index contributed by atoms with van der Waals surface area (Å²) in [4.78, 5) is 18.0. The molecule has 0 bridgehead atoms. The Labute approximate surface area is 143 Å². The second kappa shape index (κ2) is 7.61. The lowest BCUT2D eigenvalue weighted by Gasteiger charge is -2.36. The highest BCUT2D eigenvalue weighted by molar-refractivity contribution is 5.82. The molecule has 6 heteroatoms.